The van der Waals surface area contributed by atoms with Crippen molar-refractivity contribution < 1.29 is 18.0 Å². The summed E-state index contributed by atoms with van der Waals surface area (Å²) in [5.41, 5.74) is 3.76. The van der Waals surface area contributed by atoms with E-state index < -0.39 is 21.9 Å². The number of carbonyl (C=O) groups excluding carboxylic acids is 2. The summed E-state index contributed by atoms with van der Waals surface area (Å²) < 4.78 is 28.7. The van der Waals surface area contributed by atoms with Gasteiger partial charge >= 0.3 is 0 Å². The highest BCUT2D eigenvalue weighted by molar-refractivity contribution is 7.89. The van der Waals surface area contributed by atoms with E-state index in [2.05, 4.69) is 0 Å². The van der Waals surface area contributed by atoms with Gasteiger partial charge in [-0.3, -0.25) is 14.5 Å². The van der Waals surface area contributed by atoms with Crippen molar-refractivity contribution in [3.63, 3.8) is 0 Å². The number of hydrogen-bond donors (Lipinski definition) is 0. The van der Waals surface area contributed by atoms with Crippen molar-refractivity contribution in [1.82, 2.24) is 9.19 Å². The molecule has 8 heteroatoms. The average molecular weight is 504 g/mol. The fourth-order valence-corrected chi connectivity index (χ4v) is 7.47. The minimum absolute atomic E-state index is 0.176. The van der Waals surface area contributed by atoms with Crippen molar-refractivity contribution in [3.05, 3.63) is 77.1 Å². The number of hydrogen-bond acceptors (Lipinski definition) is 5. The van der Waals surface area contributed by atoms with Gasteiger partial charge in [-0.2, -0.15) is 17.6 Å². The van der Waals surface area contributed by atoms with Gasteiger partial charge in [0, 0.05) is 12.3 Å². The van der Waals surface area contributed by atoms with E-state index >= 15 is 0 Å². The monoisotopic (exact) mass is 503 g/mol. The second-order valence-corrected chi connectivity index (χ2v) is 12.0. The molecule has 2 aromatic carbocycles. The van der Waals surface area contributed by atoms with Crippen LogP contribution >= 0.6 is 0 Å². The van der Waals surface area contributed by atoms with E-state index in [9.17, 15) is 18.0 Å². The number of carbonyl (C=O) groups is 2. The van der Waals surface area contributed by atoms with E-state index in [4.69, 9.17) is 5.10 Å². The average Bonchev–Trinajstić information content (AvgIpc) is 3.39. The Kier molecular flexibility index (Phi) is 5.59. The van der Waals surface area contributed by atoms with E-state index in [0.29, 0.717) is 17.8 Å². The van der Waals surface area contributed by atoms with Gasteiger partial charge in [-0.05, 0) is 56.0 Å². The molecule has 0 radical (unpaired) electrons. The molecule has 7 nitrogen and oxygen atoms in total. The summed E-state index contributed by atoms with van der Waals surface area (Å²) in [6.07, 6.45) is 5.81. The highest BCUT2D eigenvalue weighted by Gasteiger charge is 2.52. The van der Waals surface area contributed by atoms with Gasteiger partial charge in [0.1, 0.15) is 0 Å². The van der Waals surface area contributed by atoms with Crippen molar-refractivity contribution in [1.29, 1.82) is 0 Å². The van der Waals surface area contributed by atoms with Gasteiger partial charge in [0.05, 0.1) is 33.8 Å². The molecule has 3 aromatic rings. The third-order valence-electron chi connectivity index (χ3n) is 8.04. The first-order valence-corrected chi connectivity index (χ1v) is 14.2. The molecule has 2 aliphatic carbocycles. The highest BCUT2D eigenvalue weighted by atomic mass is 32.2. The number of fused-ring (bicyclic) bond motifs is 2. The number of aromatic nitrogens is 2. The number of rotatable bonds is 4. The molecular weight excluding hydrogens is 474 g/mol. The van der Waals surface area contributed by atoms with E-state index in [1.54, 1.807) is 48.5 Å². The first-order chi connectivity index (χ1) is 17.4. The number of para-hydroxylation sites is 1. The standard InChI is InChI=1S/C28H29N3O4S/c1-18-12-14-21(15-13-18)36(34,35)31-25-17-23-22(16-24(25)26(29-31)19-8-4-2-5-9-19)27(32)30(28(23)33)20-10-6-3-7-11-20/h3,6-7,10-15,19,22-23H,2,4-5,8-9,16-17H2,1H3. The SMILES string of the molecule is Cc1ccc(S(=O)(=O)n2nc(C3CCCCC3)c3c2CC2C(=O)N(c4ccccc4)C(=O)C2C3)cc1. The van der Waals surface area contributed by atoms with Crippen LogP contribution < -0.4 is 4.90 Å². The third-order valence-corrected chi connectivity index (χ3v) is 9.66. The van der Waals surface area contributed by atoms with Crippen molar-refractivity contribution >= 4 is 27.5 Å². The Balaban J connectivity index is 1.45. The molecule has 0 spiro atoms. The number of anilines is 1. The molecule has 36 heavy (non-hydrogen) atoms. The van der Waals surface area contributed by atoms with Crippen LogP contribution in [0.15, 0.2) is 59.5 Å². The molecule has 186 valence electrons. The Labute approximate surface area is 211 Å². The van der Waals surface area contributed by atoms with Gasteiger partial charge in [0.25, 0.3) is 10.0 Å². The molecule has 0 N–H and O–H groups in total. The van der Waals surface area contributed by atoms with Crippen molar-refractivity contribution in [2.75, 3.05) is 4.90 Å². The second kappa shape index (κ2) is 8.69. The molecule has 1 aliphatic heterocycles. The summed E-state index contributed by atoms with van der Waals surface area (Å²) in [5.74, 6) is -1.37. The maximum absolute atomic E-state index is 13.8. The van der Waals surface area contributed by atoms with Gasteiger partial charge in [-0.25, -0.2) is 0 Å². The zero-order valence-corrected chi connectivity index (χ0v) is 21.1. The van der Waals surface area contributed by atoms with E-state index in [1.807, 2.05) is 13.0 Å². The molecule has 1 aromatic heterocycles. The number of benzene rings is 2. The zero-order valence-electron chi connectivity index (χ0n) is 20.3. The van der Waals surface area contributed by atoms with Crippen molar-refractivity contribution in [2.24, 2.45) is 11.8 Å². The summed E-state index contributed by atoms with van der Waals surface area (Å²) in [5, 5.41) is 4.73. The minimum atomic E-state index is -3.94. The molecule has 1 saturated heterocycles. The Morgan fingerprint density at radius 1 is 0.833 bits per heavy atom. The van der Waals surface area contributed by atoms with E-state index in [1.165, 1.54) is 15.4 Å². The van der Waals surface area contributed by atoms with Gasteiger partial charge in [-0.1, -0.05) is 55.2 Å². The molecule has 0 bridgehead atoms. The van der Waals surface area contributed by atoms with Gasteiger partial charge in [0.15, 0.2) is 0 Å². The first-order valence-electron chi connectivity index (χ1n) is 12.7. The maximum atomic E-state index is 13.8. The number of imide groups is 1. The molecule has 2 unspecified atom stereocenters. The highest BCUT2D eigenvalue weighted by Crippen LogP contribution is 2.44. The predicted molar refractivity (Wildman–Crippen MR) is 135 cm³/mol. The molecular formula is C28H29N3O4S. The van der Waals surface area contributed by atoms with Crippen LogP contribution in [0.25, 0.3) is 0 Å². The number of nitrogens with zero attached hydrogens (tertiary/aromatic N) is 3. The summed E-state index contributed by atoms with van der Waals surface area (Å²) in [4.78, 5) is 28.4. The van der Waals surface area contributed by atoms with Crippen molar-refractivity contribution in [3.8, 4) is 0 Å². The second-order valence-electron chi connectivity index (χ2n) is 10.3. The van der Waals surface area contributed by atoms with Gasteiger partial charge < -0.3 is 0 Å². The smallest absolute Gasteiger partial charge is 0.274 e. The Morgan fingerprint density at radius 3 is 2.14 bits per heavy atom. The van der Waals surface area contributed by atoms with Crippen LogP contribution in [-0.2, 0) is 32.5 Å². The number of aryl methyl sites for hydroxylation is 1. The van der Waals surface area contributed by atoms with Gasteiger partial charge in [0.2, 0.25) is 11.8 Å². The van der Waals surface area contributed by atoms with E-state index in [0.717, 1.165) is 42.5 Å². The lowest BCUT2D eigenvalue weighted by molar-refractivity contribution is -0.122. The first kappa shape index (κ1) is 23.2. The van der Waals surface area contributed by atoms with Crippen LogP contribution in [0.1, 0.15) is 60.5 Å². The largest absolute Gasteiger partial charge is 0.283 e. The van der Waals surface area contributed by atoms with Crippen LogP contribution in [0.2, 0.25) is 0 Å². The van der Waals surface area contributed by atoms with Crippen LogP contribution in [0.5, 0.6) is 0 Å². The summed E-state index contributed by atoms with van der Waals surface area (Å²) >= 11 is 0. The molecule has 2 fully saturated rings. The van der Waals surface area contributed by atoms with Crippen molar-refractivity contribution in [2.45, 2.75) is 62.7 Å². The topological polar surface area (TPSA) is 89.3 Å². The fourth-order valence-electron chi connectivity index (χ4n) is 6.12. The third kappa shape index (κ3) is 3.61. The summed E-state index contributed by atoms with van der Waals surface area (Å²) in [6.45, 7) is 1.91. The Hall–Kier alpha value is -3.26. The number of amides is 2. The van der Waals surface area contributed by atoms with Crippen LogP contribution in [0.4, 0.5) is 5.69 Å². The summed E-state index contributed by atoms with van der Waals surface area (Å²) in [6, 6.07) is 15.7. The van der Waals surface area contributed by atoms with Gasteiger partial charge in [-0.15, -0.1) is 0 Å². The lowest BCUT2D eigenvalue weighted by Gasteiger charge is -2.25. The Morgan fingerprint density at radius 2 is 1.47 bits per heavy atom. The lowest BCUT2D eigenvalue weighted by atomic mass is 9.76. The molecule has 2 atom stereocenters. The maximum Gasteiger partial charge on any atom is 0.283 e. The molecule has 6 rings (SSSR count). The fraction of sp³-hybridized carbons (Fsp3) is 0.393. The normalized spacial score (nSPS) is 22.5. The minimum Gasteiger partial charge on any atom is -0.274 e. The van der Waals surface area contributed by atoms with Crippen LogP contribution in [-0.4, -0.2) is 29.4 Å². The summed E-state index contributed by atoms with van der Waals surface area (Å²) in [7, 11) is -3.94. The van der Waals surface area contributed by atoms with Crippen LogP contribution in [0, 0.1) is 18.8 Å². The quantitative estimate of drug-likeness (QED) is 0.493. The predicted octanol–water partition coefficient (Wildman–Crippen LogP) is 4.38. The molecule has 1 saturated carbocycles. The molecule has 2 amide bonds. The Bertz CT molecular complexity index is 1440. The van der Waals surface area contributed by atoms with Crippen LogP contribution in [0.3, 0.4) is 0 Å². The molecule has 3 aliphatic rings. The lowest BCUT2D eigenvalue weighted by Crippen LogP contribution is -2.31. The zero-order chi connectivity index (χ0) is 25.0. The molecule has 2 heterocycles. The van der Waals surface area contributed by atoms with E-state index in [-0.39, 0.29) is 29.0 Å².